The highest BCUT2D eigenvalue weighted by Crippen LogP contribution is 2.20. The van der Waals surface area contributed by atoms with E-state index in [2.05, 4.69) is 34.3 Å². The van der Waals surface area contributed by atoms with E-state index >= 15 is 0 Å². The molecule has 0 radical (unpaired) electrons. The average Bonchev–Trinajstić information content (AvgIpc) is 3.21. The fourth-order valence-corrected chi connectivity index (χ4v) is 3.87. The van der Waals surface area contributed by atoms with E-state index in [1.165, 1.54) is 0 Å². The fourth-order valence-electron chi connectivity index (χ4n) is 3.87. The Balaban J connectivity index is 1.45. The highest BCUT2D eigenvalue weighted by atomic mass is 16.6. The summed E-state index contributed by atoms with van der Waals surface area (Å²) in [4.78, 5) is 31.0. The molecule has 2 aromatic carbocycles. The molecule has 30 heavy (non-hydrogen) atoms. The molecule has 0 aliphatic carbocycles. The molecule has 158 valence electrons. The number of nitrogens with zero attached hydrogens (tertiary/aromatic N) is 3. The van der Waals surface area contributed by atoms with Gasteiger partial charge in [-0.3, -0.25) is 14.6 Å². The Kier molecular flexibility index (Phi) is 6.30. The van der Waals surface area contributed by atoms with E-state index in [0.29, 0.717) is 18.7 Å². The van der Waals surface area contributed by atoms with Gasteiger partial charge in [0.15, 0.2) is 0 Å². The average molecular weight is 409 g/mol. The van der Waals surface area contributed by atoms with Crippen LogP contribution in [0.15, 0.2) is 54.6 Å². The Hall–Kier alpha value is -2.90. The second kappa shape index (κ2) is 9.28. The van der Waals surface area contributed by atoms with Crippen LogP contribution in [0.3, 0.4) is 0 Å². The number of nitrogens with one attached hydrogen (secondary N) is 1. The van der Waals surface area contributed by atoms with Gasteiger partial charge in [-0.05, 0) is 36.9 Å². The maximum absolute atomic E-state index is 13.0. The minimum absolute atomic E-state index is 0.0876. The summed E-state index contributed by atoms with van der Waals surface area (Å²) in [5.74, 6) is -0.117. The predicted molar refractivity (Wildman–Crippen MR) is 116 cm³/mol. The fraction of sp³-hybridized carbons (Fsp3) is 0.391. The first-order valence-electron chi connectivity index (χ1n) is 10.4. The van der Waals surface area contributed by atoms with Crippen molar-refractivity contribution < 1.29 is 14.3 Å². The molecule has 2 heterocycles. The van der Waals surface area contributed by atoms with Crippen molar-refractivity contribution in [2.45, 2.75) is 6.04 Å². The SMILES string of the molecule is CN1CCN(CC(NC(=O)c2ccc(N3CCOC3=O)cc2)c2ccccc2)CC1. The van der Waals surface area contributed by atoms with Crippen LogP contribution in [0.1, 0.15) is 22.0 Å². The highest BCUT2D eigenvalue weighted by Gasteiger charge is 2.24. The Morgan fingerprint density at radius 3 is 2.33 bits per heavy atom. The van der Waals surface area contributed by atoms with Crippen molar-refractivity contribution in [1.29, 1.82) is 0 Å². The van der Waals surface area contributed by atoms with E-state index in [1.807, 2.05) is 18.2 Å². The molecule has 7 nitrogen and oxygen atoms in total. The lowest BCUT2D eigenvalue weighted by molar-refractivity contribution is 0.0907. The number of carbonyl (C=O) groups excluding carboxylic acids is 2. The summed E-state index contributed by atoms with van der Waals surface area (Å²) in [6, 6.07) is 17.1. The van der Waals surface area contributed by atoms with Crippen LogP contribution >= 0.6 is 0 Å². The van der Waals surface area contributed by atoms with Gasteiger partial charge in [-0.1, -0.05) is 30.3 Å². The largest absolute Gasteiger partial charge is 0.447 e. The maximum Gasteiger partial charge on any atom is 0.414 e. The van der Waals surface area contributed by atoms with Crippen molar-refractivity contribution in [3.05, 3.63) is 65.7 Å². The number of carbonyl (C=O) groups is 2. The molecule has 2 fully saturated rings. The van der Waals surface area contributed by atoms with Crippen LogP contribution in [0.2, 0.25) is 0 Å². The number of benzene rings is 2. The standard InChI is InChI=1S/C23H28N4O3/c1-25-11-13-26(14-12-25)17-21(18-5-3-2-4-6-18)24-22(28)19-7-9-20(10-8-19)27-15-16-30-23(27)29/h2-10,21H,11-17H2,1H3,(H,24,28). The molecule has 1 N–H and O–H groups in total. The van der Waals surface area contributed by atoms with Gasteiger partial charge < -0.3 is 15.0 Å². The van der Waals surface area contributed by atoms with Crippen molar-refractivity contribution in [2.24, 2.45) is 0 Å². The van der Waals surface area contributed by atoms with Crippen LogP contribution < -0.4 is 10.2 Å². The highest BCUT2D eigenvalue weighted by molar-refractivity contribution is 5.96. The topological polar surface area (TPSA) is 65.1 Å². The van der Waals surface area contributed by atoms with Crippen LogP contribution in [-0.4, -0.2) is 74.7 Å². The number of likely N-dealkylation sites (N-methyl/N-ethyl adjacent to an activating group) is 1. The first-order valence-corrected chi connectivity index (χ1v) is 10.4. The molecule has 0 spiro atoms. The van der Waals surface area contributed by atoms with Gasteiger partial charge in [-0.15, -0.1) is 0 Å². The summed E-state index contributed by atoms with van der Waals surface area (Å²) in [6.45, 7) is 5.78. The van der Waals surface area contributed by atoms with Crippen LogP contribution in [0, 0.1) is 0 Å². The van der Waals surface area contributed by atoms with Crippen LogP contribution in [0.25, 0.3) is 0 Å². The molecule has 2 amide bonds. The molecule has 0 bridgehead atoms. The zero-order valence-electron chi connectivity index (χ0n) is 17.3. The van der Waals surface area contributed by atoms with E-state index < -0.39 is 0 Å². The van der Waals surface area contributed by atoms with Crippen molar-refractivity contribution in [1.82, 2.24) is 15.1 Å². The minimum Gasteiger partial charge on any atom is -0.447 e. The summed E-state index contributed by atoms with van der Waals surface area (Å²) in [5.41, 5.74) is 2.41. The van der Waals surface area contributed by atoms with E-state index in [4.69, 9.17) is 4.74 Å². The molecule has 2 aromatic rings. The molecule has 1 atom stereocenters. The van der Waals surface area contributed by atoms with Gasteiger partial charge in [0.2, 0.25) is 0 Å². The lowest BCUT2D eigenvalue weighted by Gasteiger charge is -2.35. The van der Waals surface area contributed by atoms with Gasteiger partial charge in [0.1, 0.15) is 6.61 Å². The zero-order valence-corrected chi connectivity index (χ0v) is 17.3. The monoisotopic (exact) mass is 408 g/mol. The summed E-state index contributed by atoms with van der Waals surface area (Å²) in [7, 11) is 2.14. The quantitative estimate of drug-likeness (QED) is 0.795. The number of hydrogen-bond acceptors (Lipinski definition) is 5. The van der Waals surface area contributed by atoms with E-state index in [9.17, 15) is 9.59 Å². The van der Waals surface area contributed by atoms with Crippen LogP contribution in [-0.2, 0) is 4.74 Å². The lowest BCUT2D eigenvalue weighted by atomic mass is 10.0. The van der Waals surface area contributed by atoms with Gasteiger partial charge in [-0.2, -0.15) is 0 Å². The predicted octanol–water partition coefficient (Wildman–Crippen LogP) is 2.36. The molecule has 0 saturated carbocycles. The molecule has 4 rings (SSSR count). The van der Waals surface area contributed by atoms with Gasteiger partial charge in [0.25, 0.3) is 5.91 Å². The van der Waals surface area contributed by atoms with Crippen molar-refractivity contribution in [2.75, 3.05) is 57.8 Å². The lowest BCUT2D eigenvalue weighted by Crippen LogP contribution is -2.47. The third-order valence-corrected chi connectivity index (χ3v) is 5.75. The molecule has 2 aliphatic rings. The van der Waals surface area contributed by atoms with Crippen molar-refractivity contribution in [3.8, 4) is 0 Å². The maximum atomic E-state index is 13.0. The zero-order chi connectivity index (χ0) is 20.9. The molecule has 0 aromatic heterocycles. The Bertz CT molecular complexity index is 864. The molecule has 2 saturated heterocycles. The van der Waals surface area contributed by atoms with E-state index in [1.54, 1.807) is 29.2 Å². The summed E-state index contributed by atoms with van der Waals surface area (Å²) >= 11 is 0. The molecule has 2 aliphatic heterocycles. The minimum atomic E-state index is -0.344. The summed E-state index contributed by atoms with van der Waals surface area (Å²) in [5, 5.41) is 3.21. The molecule has 1 unspecified atom stereocenters. The van der Waals surface area contributed by atoms with Crippen LogP contribution in [0.4, 0.5) is 10.5 Å². The van der Waals surface area contributed by atoms with Crippen molar-refractivity contribution >= 4 is 17.7 Å². The number of anilines is 1. The Labute approximate surface area is 177 Å². The number of hydrogen-bond donors (Lipinski definition) is 1. The van der Waals surface area contributed by atoms with Gasteiger partial charge in [-0.25, -0.2) is 4.79 Å². The van der Waals surface area contributed by atoms with Crippen LogP contribution in [0.5, 0.6) is 0 Å². The number of piperazine rings is 1. The summed E-state index contributed by atoms with van der Waals surface area (Å²) in [6.07, 6.45) is -0.344. The number of cyclic esters (lactones) is 1. The first kappa shape index (κ1) is 20.4. The van der Waals surface area contributed by atoms with Crippen molar-refractivity contribution in [3.63, 3.8) is 0 Å². The van der Waals surface area contributed by atoms with Gasteiger partial charge >= 0.3 is 6.09 Å². The Morgan fingerprint density at radius 1 is 1.00 bits per heavy atom. The second-order valence-corrected chi connectivity index (χ2v) is 7.85. The van der Waals surface area contributed by atoms with Gasteiger partial charge in [0.05, 0.1) is 12.6 Å². The number of amides is 2. The van der Waals surface area contributed by atoms with Gasteiger partial charge in [0, 0.05) is 44.0 Å². The summed E-state index contributed by atoms with van der Waals surface area (Å²) < 4.78 is 4.98. The smallest absolute Gasteiger partial charge is 0.414 e. The number of ether oxygens (including phenoxy) is 1. The third-order valence-electron chi connectivity index (χ3n) is 5.75. The normalized spacial score (nSPS) is 18.8. The molecular formula is C23H28N4O3. The molecular weight excluding hydrogens is 380 g/mol. The Morgan fingerprint density at radius 2 is 1.70 bits per heavy atom. The van der Waals surface area contributed by atoms with E-state index in [0.717, 1.165) is 44.0 Å². The first-order chi connectivity index (χ1) is 14.6. The molecule has 7 heteroatoms. The third kappa shape index (κ3) is 4.80. The second-order valence-electron chi connectivity index (χ2n) is 7.85. The number of rotatable bonds is 6. The van der Waals surface area contributed by atoms with E-state index in [-0.39, 0.29) is 18.0 Å².